The maximum atomic E-state index is 13.1. The quantitative estimate of drug-likeness (QED) is 0.283. The van der Waals surface area contributed by atoms with E-state index in [9.17, 15) is 14.0 Å². The van der Waals surface area contributed by atoms with Gasteiger partial charge in [-0.2, -0.15) is 0 Å². The maximum absolute atomic E-state index is 13.1. The van der Waals surface area contributed by atoms with Gasteiger partial charge in [-0.3, -0.25) is 9.59 Å². The van der Waals surface area contributed by atoms with E-state index >= 15 is 0 Å². The van der Waals surface area contributed by atoms with E-state index in [1.165, 1.54) is 24.3 Å². The van der Waals surface area contributed by atoms with E-state index in [0.29, 0.717) is 45.1 Å². The number of carbonyl (C=O) groups excluding carboxylic acids is 2. The summed E-state index contributed by atoms with van der Waals surface area (Å²) in [4.78, 5) is 32.9. The number of halogens is 1. The van der Waals surface area contributed by atoms with Crippen molar-refractivity contribution in [3.8, 4) is 17.1 Å². The molecule has 0 unspecified atom stereocenters. The van der Waals surface area contributed by atoms with E-state index in [2.05, 4.69) is 20.6 Å². The van der Waals surface area contributed by atoms with Crippen LogP contribution >= 0.6 is 0 Å². The summed E-state index contributed by atoms with van der Waals surface area (Å²) < 4.78 is 18.2. The molecule has 3 N–H and O–H groups in total. The van der Waals surface area contributed by atoms with Crippen LogP contribution in [-0.2, 0) is 0 Å². The monoisotopic (exact) mass is 480 g/mol. The molecule has 1 heterocycles. The number of ether oxygens (including phenoxy) is 1. The Morgan fingerprint density at radius 2 is 1.36 bits per heavy atom. The number of imidazole rings is 1. The summed E-state index contributed by atoms with van der Waals surface area (Å²) >= 11 is 0. The summed E-state index contributed by atoms with van der Waals surface area (Å²) in [6, 6.07) is 24.9. The third-order valence-corrected chi connectivity index (χ3v) is 5.61. The van der Waals surface area contributed by atoms with Crippen LogP contribution in [-0.4, -0.2) is 28.9 Å². The number of rotatable bonds is 6. The SMILES string of the molecule is COc1ccc(C(=O)Nc2ccc(-c3nc4ccc(C(=O)Nc5ccc(F)cc5)cc4[nH]3)cc2)cc1. The largest absolute Gasteiger partial charge is 0.497 e. The van der Waals surface area contributed by atoms with Crippen molar-refractivity contribution >= 4 is 34.2 Å². The number of benzene rings is 4. The highest BCUT2D eigenvalue weighted by Crippen LogP contribution is 2.24. The van der Waals surface area contributed by atoms with E-state index < -0.39 is 0 Å². The first-order valence-electron chi connectivity index (χ1n) is 11.1. The second-order valence-corrected chi connectivity index (χ2v) is 8.04. The lowest BCUT2D eigenvalue weighted by Crippen LogP contribution is -2.11. The molecule has 5 aromatic rings. The summed E-state index contributed by atoms with van der Waals surface area (Å²) in [5.41, 5.74) is 4.36. The van der Waals surface area contributed by atoms with Crippen LogP contribution in [0.1, 0.15) is 20.7 Å². The molecule has 7 nitrogen and oxygen atoms in total. The molecule has 0 aliphatic rings. The highest BCUT2D eigenvalue weighted by molar-refractivity contribution is 6.06. The average Bonchev–Trinajstić information content (AvgIpc) is 3.34. The van der Waals surface area contributed by atoms with E-state index in [-0.39, 0.29) is 17.6 Å². The zero-order valence-electron chi connectivity index (χ0n) is 19.2. The Kier molecular flexibility index (Phi) is 6.15. The minimum Gasteiger partial charge on any atom is -0.497 e. The molecule has 0 spiro atoms. The first-order chi connectivity index (χ1) is 17.5. The van der Waals surface area contributed by atoms with Crippen molar-refractivity contribution in [2.45, 2.75) is 0 Å². The fourth-order valence-corrected chi connectivity index (χ4v) is 3.68. The Hall–Kier alpha value is -4.98. The molecule has 0 saturated carbocycles. The van der Waals surface area contributed by atoms with E-state index in [0.717, 1.165) is 5.56 Å². The topological polar surface area (TPSA) is 96.1 Å². The standard InChI is InChI=1S/C28H21FN4O3/c1-36-23-13-4-18(5-14-23)27(34)30-21-9-2-17(3-10-21)26-32-24-15-6-19(16-25(24)33-26)28(35)31-22-11-7-20(29)8-12-22/h2-16H,1H3,(H,30,34)(H,31,35)(H,32,33). The molecule has 0 saturated heterocycles. The van der Waals surface area contributed by atoms with Gasteiger partial charge in [-0.1, -0.05) is 0 Å². The Morgan fingerprint density at radius 3 is 2.00 bits per heavy atom. The lowest BCUT2D eigenvalue weighted by atomic mass is 10.1. The maximum Gasteiger partial charge on any atom is 0.255 e. The van der Waals surface area contributed by atoms with Crippen LogP contribution in [0, 0.1) is 5.82 Å². The number of H-pyrrole nitrogens is 1. The van der Waals surface area contributed by atoms with Crippen molar-refractivity contribution < 1.29 is 18.7 Å². The molecular formula is C28H21FN4O3. The Morgan fingerprint density at radius 1 is 0.778 bits per heavy atom. The molecule has 0 radical (unpaired) electrons. The first kappa shape index (κ1) is 22.8. The number of nitrogens with one attached hydrogen (secondary N) is 3. The van der Waals surface area contributed by atoms with Gasteiger partial charge in [0.25, 0.3) is 11.8 Å². The molecular weight excluding hydrogens is 459 g/mol. The first-order valence-corrected chi connectivity index (χ1v) is 11.1. The normalized spacial score (nSPS) is 10.7. The number of amides is 2. The van der Waals surface area contributed by atoms with Crippen LogP contribution in [0.4, 0.5) is 15.8 Å². The van der Waals surface area contributed by atoms with Crippen LogP contribution in [0.2, 0.25) is 0 Å². The molecule has 2 amide bonds. The van der Waals surface area contributed by atoms with Crippen molar-refractivity contribution in [1.29, 1.82) is 0 Å². The predicted molar refractivity (Wildman–Crippen MR) is 137 cm³/mol. The van der Waals surface area contributed by atoms with Crippen LogP contribution in [0.5, 0.6) is 5.75 Å². The number of carbonyl (C=O) groups is 2. The fraction of sp³-hybridized carbons (Fsp3) is 0.0357. The van der Waals surface area contributed by atoms with Gasteiger partial charge in [0.05, 0.1) is 18.1 Å². The van der Waals surface area contributed by atoms with Gasteiger partial charge < -0.3 is 20.4 Å². The smallest absolute Gasteiger partial charge is 0.255 e. The second-order valence-electron chi connectivity index (χ2n) is 8.04. The molecule has 178 valence electrons. The van der Waals surface area contributed by atoms with Crippen LogP contribution < -0.4 is 15.4 Å². The third kappa shape index (κ3) is 4.92. The predicted octanol–water partition coefficient (Wildman–Crippen LogP) is 5.88. The van der Waals surface area contributed by atoms with E-state index in [1.807, 2.05) is 12.1 Å². The summed E-state index contributed by atoms with van der Waals surface area (Å²) in [6.45, 7) is 0. The van der Waals surface area contributed by atoms with Crippen molar-refractivity contribution in [1.82, 2.24) is 9.97 Å². The number of hydrogen-bond donors (Lipinski definition) is 3. The Balaban J connectivity index is 1.29. The van der Waals surface area contributed by atoms with Gasteiger partial charge in [0.1, 0.15) is 17.4 Å². The number of hydrogen-bond acceptors (Lipinski definition) is 4. The summed E-state index contributed by atoms with van der Waals surface area (Å²) in [6.07, 6.45) is 0. The third-order valence-electron chi connectivity index (χ3n) is 5.61. The highest BCUT2D eigenvalue weighted by atomic mass is 19.1. The number of methoxy groups -OCH3 is 1. The molecule has 36 heavy (non-hydrogen) atoms. The molecule has 4 aromatic carbocycles. The van der Waals surface area contributed by atoms with Gasteiger partial charge in [0.15, 0.2) is 0 Å². The summed E-state index contributed by atoms with van der Waals surface area (Å²) in [5.74, 6) is 0.417. The molecule has 1 aromatic heterocycles. The minimum atomic E-state index is -0.368. The Labute approximate surface area is 206 Å². The number of aromatic nitrogens is 2. The van der Waals surface area contributed by atoms with Gasteiger partial charge in [-0.15, -0.1) is 0 Å². The summed E-state index contributed by atoms with van der Waals surface area (Å²) in [7, 11) is 1.57. The molecule has 5 rings (SSSR count). The fourth-order valence-electron chi connectivity index (χ4n) is 3.68. The van der Waals surface area contributed by atoms with Gasteiger partial charge in [-0.05, 0) is 91.0 Å². The number of fused-ring (bicyclic) bond motifs is 1. The number of aromatic amines is 1. The number of nitrogens with zero attached hydrogens (tertiary/aromatic N) is 1. The van der Waals surface area contributed by atoms with E-state index in [1.54, 1.807) is 61.7 Å². The molecule has 0 atom stereocenters. The zero-order chi connectivity index (χ0) is 25.1. The lowest BCUT2D eigenvalue weighted by Gasteiger charge is -2.07. The van der Waals surface area contributed by atoms with Gasteiger partial charge in [0, 0.05) is 28.1 Å². The second kappa shape index (κ2) is 9.71. The van der Waals surface area contributed by atoms with Gasteiger partial charge in [0.2, 0.25) is 0 Å². The highest BCUT2D eigenvalue weighted by Gasteiger charge is 2.12. The summed E-state index contributed by atoms with van der Waals surface area (Å²) in [5, 5.41) is 5.62. The van der Waals surface area contributed by atoms with Gasteiger partial charge in [-0.25, -0.2) is 9.37 Å². The van der Waals surface area contributed by atoms with Crippen LogP contribution in [0.15, 0.2) is 91.0 Å². The van der Waals surface area contributed by atoms with Crippen molar-refractivity contribution in [3.63, 3.8) is 0 Å². The van der Waals surface area contributed by atoms with Gasteiger partial charge >= 0.3 is 0 Å². The average molecular weight is 480 g/mol. The zero-order valence-corrected chi connectivity index (χ0v) is 19.2. The Bertz CT molecular complexity index is 1540. The molecule has 0 aliphatic carbocycles. The molecule has 0 bridgehead atoms. The van der Waals surface area contributed by atoms with Crippen LogP contribution in [0.3, 0.4) is 0 Å². The minimum absolute atomic E-state index is 0.222. The lowest BCUT2D eigenvalue weighted by molar-refractivity contribution is 0.101. The van der Waals surface area contributed by atoms with E-state index in [4.69, 9.17) is 4.74 Å². The van der Waals surface area contributed by atoms with Crippen molar-refractivity contribution in [3.05, 3.63) is 108 Å². The van der Waals surface area contributed by atoms with Crippen molar-refractivity contribution in [2.75, 3.05) is 17.7 Å². The van der Waals surface area contributed by atoms with Crippen molar-refractivity contribution in [2.24, 2.45) is 0 Å². The number of anilines is 2. The molecule has 0 aliphatic heterocycles. The molecule has 8 heteroatoms. The molecule has 0 fully saturated rings. The van der Waals surface area contributed by atoms with Crippen LogP contribution in [0.25, 0.3) is 22.4 Å².